The van der Waals surface area contributed by atoms with Crippen molar-refractivity contribution in [1.29, 1.82) is 0 Å². The number of sulfonamides is 1. The lowest BCUT2D eigenvalue weighted by Gasteiger charge is -2.19. The van der Waals surface area contributed by atoms with Crippen LogP contribution >= 0.6 is 0 Å². The molecule has 0 unspecified atom stereocenters. The predicted octanol–water partition coefficient (Wildman–Crippen LogP) is 5.41. The zero-order chi connectivity index (χ0) is 24.6. The van der Waals surface area contributed by atoms with Crippen LogP contribution in [-0.2, 0) is 10.0 Å². The molecule has 0 aromatic heterocycles. The number of anilines is 1. The van der Waals surface area contributed by atoms with E-state index in [4.69, 9.17) is 0 Å². The van der Waals surface area contributed by atoms with Crippen LogP contribution in [0.2, 0.25) is 0 Å². The van der Waals surface area contributed by atoms with Crippen LogP contribution in [0.4, 0.5) is 5.69 Å². The Hall–Kier alpha value is -4.36. The third-order valence-corrected chi connectivity index (χ3v) is 7.07. The van der Waals surface area contributed by atoms with Crippen LogP contribution in [0.5, 0.6) is 0 Å². The number of carbonyl (C=O) groups excluding carboxylic acids is 2. The monoisotopic (exact) mass is 480 g/mol. The van der Waals surface area contributed by atoms with Crippen LogP contribution in [0.3, 0.4) is 0 Å². The van der Waals surface area contributed by atoms with Crippen molar-refractivity contribution in [2.45, 2.75) is 11.8 Å². The lowest BCUT2D eigenvalue weighted by atomic mass is 9.92. The van der Waals surface area contributed by atoms with Crippen LogP contribution in [0.15, 0.2) is 112 Å². The van der Waals surface area contributed by atoms with Gasteiger partial charge in [0.15, 0.2) is 5.78 Å². The van der Waals surface area contributed by atoms with E-state index >= 15 is 0 Å². The highest BCUT2D eigenvalue weighted by atomic mass is 32.2. The maximum absolute atomic E-state index is 13.2. The Labute approximate surface area is 202 Å². The highest BCUT2D eigenvalue weighted by Gasteiger charge is 2.26. The highest BCUT2D eigenvalue weighted by molar-refractivity contribution is 7.90. The number of Topliss-reactive ketones (excluding diaryl/α,β-unsaturated/α-hetero) is 2. The molecule has 0 amide bonds. The molecule has 0 spiro atoms. The molecule has 0 bridgehead atoms. The molecular weight excluding hydrogens is 460 g/mol. The fourth-order valence-electron chi connectivity index (χ4n) is 3.95. The third kappa shape index (κ3) is 4.41. The Morgan fingerprint density at radius 2 is 1.46 bits per heavy atom. The molecule has 4 aromatic carbocycles. The van der Waals surface area contributed by atoms with Crippen molar-refractivity contribution in [2.75, 3.05) is 5.32 Å². The molecule has 0 fully saturated rings. The van der Waals surface area contributed by atoms with E-state index in [9.17, 15) is 18.0 Å². The molecule has 1 N–H and O–H groups in total. The Morgan fingerprint density at radius 3 is 2.17 bits per heavy atom. The van der Waals surface area contributed by atoms with E-state index < -0.39 is 10.0 Å². The van der Waals surface area contributed by atoms with Gasteiger partial charge < -0.3 is 5.32 Å². The first-order chi connectivity index (χ1) is 16.8. The summed E-state index contributed by atoms with van der Waals surface area (Å²) in [6.07, 6.45) is 1.45. The van der Waals surface area contributed by atoms with E-state index in [1.165, 1.54) is 19.1 Å². The quantitative estimate of drug-likeness (QED) is 0.386. The molecule has 1 aliphatic rings. The van der Waals surface area contributed by atoms with E-state index in [1.807, 2.05) is 24.3 Å². The molecule has 5 rings (SSSR count). The van der Waals surface area contributed by atoms with Crippen LogP contribution in [0.25, 0.3) is 10.8 Å². The summed E-state index contributed by atoms with van der Waals surface area (Å²) >= 11 is 0. The van der Waals surface area contributed by atoms with Crippen molar-refractivity contribution in [3.63, 3.8) is 0 Å². The minimum atomic E-state index is -4.06. The average molecular weight is 481 g/mol. The molecule has 0 saturated heterocycles. The molecule has 35 heavy (non-hydrogen) atoms. The van der Waals surface area contributed by atoms with Gasteiger partial charge in [0.25, 0.3) is 10.0 Å². The number of carbonyl (C=O) groups is 2. The summed E-state index contributed by atoms with van der Waals surface area (Å²) in [7, 11) is -4.06. The second kappa shape index (κ2) is 8.77. The van der Waals surface area contributed by atoms with Gasteiger partial charge in [0.05, 0.1) is 16.3 Å². The SMILES string of the molecule is CC(=O)c1ccc(NC2=CC(=NS(=O)(=O)c3ccc4ccccc4c3)c3ccccc3C2=O)cc1. The first kappa shape index (κ1) is 22.4. The maximum Gasteiger partial charge on any atom is 0.282 e. The summed E-state index contributed by atoms with van der Waals surface area (Å²) in [6.45, 7) is 1.48. The van der Waals surface area contributed by atoms with Crippen molar-refractivity contribution in [1.82, 2.24) is 0 Å². The Morgan fingerprint density at radius 1 is 0.800 bits per heavy atom. The second-order valence-corrected chi connectivity index (χ2v) is 9.76. The molecule has 0 radical (unpaired) electrons. The first-order valence-corrected chi connectivity index (χ1v) is 12.3. The molecule has 1 aliphatic carbocycles. The van der Waals surface area contributed by atoms with Crippen molar-refractivity contribution < 1.29 is 18.0 Å². The van der Waals surface area contributed by atoms with Crippen molar-refractivity contribution in [2.24, 2.45) is 4.40 Å². The van der Waals surface area contributed by atoms with Crippen LogP contribution in [0, 0.1) is 0 Å². The minimum Gasteiger partial charge on any atom is -0.352 e. The van der Waals surface area contributed by atoms with Gasteiger partial charge in [0, 0.05) is 22.4 Å². The molecule has 0 heterocycles. The Bertz CT molecular complexity index is 1670. The minimum absolute atomic E-state index is 0.0632. The first-order valence-electron chi connectivity index (χ1n) is 10.9. The van der Waals surface area contributed by atoms with Gasteiger partial charge in [0.2, 0.25) is 5.78 Å². The number of rotatable bonds is 5. The molecule has 6 nitrogen and oxygen atoms in total. The largest absolute Gasteiger partial charge is 0.352 e. The van der Waals surface area contributed by atoms with Crippen molar-refractivity contribution in [3.8, 4) is 0 Å². The zero-order valence-corrected chi connectivity index (χ0v) is 19.5. The van der Waals surface area contributed by atoms with Gasteiger partial charge in [0.1, 0.15) is 0 Å². The molecule has 172 valence electrons. The Balaban J connectivity index is 1.57. The van der Waals surface area contributed by atoms with Gasteiger partial charge >= 0.3 is 0 Å². The normalized spacial score (nSPS) is 14.5. The van der Waals surface area contributed by atoms with E-state index in [0.29, 0.717) is 22.4 Å². The van der Waals surface area contributed by atoms with Gasteiger partial charge in [-0.3, -0.25) is 9.59 Å². The summed E-state index contributed by atoms with van der Waals surface area (Å²) in [6, 6.07) is 25.8. The fourth-order valence-corrected chi connectivity index (χ4v) is 4.98. The highest BCUT2D eigenvalue weighted by Crippen LogP contribution is 2.26. The van der Waals surface area contributed by atoms with Gasteiger partial charge in [-0.25, -0.2) is 0 Å². The predicted molar refractivity (Wildman–Crippen MR) is 137 cm³/mol. The number of nitrogens with one attached hydrogen (secondary N) is 1. The number of allylic oxidation sites excluding steroid dienone is 2. The topological polar surface area (TPSA) is 92.7 Å². The van der Waals surface area contributed by atoms with Crippen LogP contribution in [-0.4, -0.2) is 25.7 Å². The molecule has 4 aromatic rings. The number of ketones is 2. The summed E-state index contributed by atoms with van der Waals surface area (Å²) in [5, 5.41) is 4.76. The van der Waals surface area contributed by atoms with Gasteiger partial charge in [-0.2, -0.15) is 12.8 Å². The average Bonchev–Trinajstić information content (AvgIpc) is 2.86. The van der Waals surface area contributed by atoms with Crippen LogP contribution < -0.4 is 5.32 Å². The summed E-state index contributed by atoms with van der Waals surface area (Å²) < 4.78 is 30.6. The maximum atomic E-state index is 13.2. The number of nitrogens with zero attached hydrogens (tertiary/aromatic N) is 1. The fraction of sp³-hybridized carbons (Fsp3) is 0.0357. The lowest BCUT2D eigenvalue weighted by Crippen LogP contribution is -2.22. The number of hydrogen-bond acceptors (Lipinski definition) is 5. The lowest BCUT2D eigenvalue weighted by molar-refractivity contribution is 0.101. The third-order valence-electron chi connectivity index (χ3n) is 5.78. The van der Waals surface area contributed by atoms with E-state index in [2.05, 4.69) is 9.71 Å². The summed E-state index contributed by atoms with van der Waals surface area (Å²) in [4.78, 5) is 24.7. The number of benzene rings is 4. The van der Waals surface area contributed by atoms with Crippen LogP contribution in [0.1, 0.15) is 33.2 Å². The summed E-state index contributed by atoms with van der Waals surface area (Å²) in [5.41, 5.74) is 2.28. The van der Waals surface area contributed by atoms with Gasteiger partial charge in [-0.15, -0.1) is 0 Å². The van der Waals surface area contributed by atoms with Crippen molar-refractivity contribution in [3.05, 3.63) is 119 Å². The zero-order valence-electron chi connectivity index (χ0n) is 18.7. The van der Waals surface area contributed by atoms with E-state index in [0.717, 1.165) is 10.8 Å². The molecule has 0 aliphatic heterocycles. The Kier molecular flexibility index (Phi) is 5.62. The van der Waals surface area contributed by atoms with Gasteiger partial charge in [-0.05, 0) is 60.2 Å². The molecule has 0 atom stereocenters. The molecule has 7 heteroatoms. The van der Waals surface area contributed by atoms with Crippen molar-refractivity contribution >= 4 is 43.8 Å². The molecule has 0 saturated carbocycles. The smallest absolute Gasteiger partial charge is 0.282 e. The number of fused-ring (bicyclic) bond motifs is 2. The second-order valence-electron chi connectivity index (χ2n) is 8.15. The summed E-state index contributed by atoms with van der Waals surface area (Å²) in [5.74, 6) is -0.343. The molecular formula is C28H20N2O4S. The number of hydrogen-bond donors (Lipinski definition) is 1. The standard InChI is InChI=1S/C28H20N2O4S/c1-18(31)19-10-13-22(14-11-19)29-27-17-26(24-8-4-5-9-25(24)28(27)32)30-35(33,34)23-15-12-20-6-2-3-7-21(20)16-23/h2-17,29H,1H3. The van der Waals surface area contributed by atoms with E-state index in [-0.39, 0.29) is 27.9 Å². The van der Waals surface area contributed by atoms with E-state index in [1.54, 1.807) is 60.7 Å². The van der Waals surface area contributed by atoms with Gasteiger partial charge in [-0.1, -0.05) is 54.6 Å².